The number of aromatic nitrogens is 1. The van der Waals surface area contributed by atoms with Crippen LogP contribution in [0.2, 0.25) is 0 Å². The van der Waals surface area contributed by atoms with Crippen LogP contribution in [-0.2, 0) is 6.18 Å². The summed E-state index contributed by atoms with van der Waals surface area (Å²) in [7, 11) is 0. The van der Waals surface area contributed by atoms with Crippen LogP contribution in [0.1, 0.15) is 11.3 Å². The largest absolute Gasteiger partial charge is 0.432 e. The Morgan fingerprint density at radius 1 is 1.50 bits per heavy atom. The molecule has 0 spiro atoms. The zero-order valence-electron chi connectivity index (χ0n) is 5.54. The van der Waals surface area contributed by atoms with Crippen molar-refractivity contribution in [1.82, 2.24) is 4.98 Å². The first kappa shape index (κ1) is 9.13. The van der Waals surface area contributed by atoms with Crippen molar-refractivity contribution in [2.45, 2.75) is 6.18 Å². The highest BCUT2D eigenvalue weighted by Gasteiger charge is 2.36. The number of alkyl halides is 3. The lowest BCUT2D eigenvalue weighted by atomic mass is 10.2. The number of hydrogen-bond donors (Lipinski definition) is 1. The number of hydrogen-bond acceptors (Lipinski definition) is 1. The Bertz CT molecular complexity index is 334. The molecule has 0 unspecified atom stereocenters. The zero-order valence-corrected chi connectivity index (χ0v) is 7.12. The molecule has 1 aromatic rings. The molecule has 1 rings (SSSR count). The SMILES string of the molecule is N#Cc1c(Br)c[nH]c1C(F)(F)F. The number of nitriles is 1. The minimum atomic E-state index is -4.50. The van der Waals surface area contributed by atoms with Crippen LogP contribution < -0.4 is 0 Å². The third-order valence-electron chi connectivity index (χ3n) is 1.23. The van der Waals surface area contributed by atoms with Crippen molar-refractivity contribution in [1.29, 1.82) is 5.26 Å². The van der Waals surface area contributed by atoms with Crippen LogP contribution in [0.15, 0.2) is 10.7 Å². The van der Waals surface area contributed by atoms with E-state index in [0.29, 0.717) is 0 Å². The summed E-state index contributed by atoms with van der Waals surface area (Å²) in [5.74, 6) is 0. The summed E-state index contributed by atoms with van der Waals surface area (Å²) in [4.78, 5) is 1.97. The summed E-state index contributed by atoms with van der Waals surface area (Å²) in [6.07, 6.45) is -3.42. The van der Waals surface area contributed by atoms with Gasteiger partial charge < -0.3 is 4.98 Å². The van der Waals surface area contributed by atoms with Gasteiger partial charge in [0.2, 0.25) is 0 Å². The molecule has 0 bridgehead atoms. The van der Waals surface area contributed by atoms with E-state index in [4.69, 9.17) is 5.26 Å². The van der Waals surface area contributed by atoms with Crippen LogP contribution in [0.4, 0.5) is 13.2 Å². The minimum absolute atomic E-state index is 0.123. The van der Waals surface area contributed by atoms with Gasteiger partial charge in [0.15, 0.2) is 0 Å². The van der Waals surface area contributed by atoms with Crippen molar-refractivity contribution >= 4 is 15.9 Å². The number of aromatic amines is 1. The van der Waals surface area contributed by atoms with Gasteiger partial charge in [0.1, 0.15) is 11.8 Å². The summed E-state index contributed by atoms with van der Waals surface area (Å²) in [6.45, 7) is 0. The standard InChI is InChI=1S/C6H2BrF3N2/c7-4-2-12-5(3(4)1-11)6(8,9)10/h2,12H. The van der Waals surface area contributed by atoms with Gasteiger partial charge in [0.05, 0.1) is 10.0 Å². The van der Waals surface area contributed by atoms with Crippen LogP contribution in [0.3, 0.4) is 0 Å². The van der Waals surface area contributed by atoms with Crippen LogP contribution in [0, 0.1) is 11.3 Å². The second-order valence-electron chi connectivity index (χ2n) is 2.00. The molecular formula is C6H2BrF3N2. The number of H-pyrrole nitrogens is 1. The van der Waals surface area contributed by atoms with Gasteiger partial charge in [0, 0.05) is 6.20 Å². The maximum Gasteiger partial charge on any atom is 0.432 e. The first-order valence-electron chi connectivity index (χ1n) is 2.81. The zero-order chi connectivity index (χ0) is 9.35. The third kappa shape index (κ3) is 1.46. The molecule has 1 aromatic heterocycles. The number of rotatable bonds is 0. The molecule has 0 aromatic carbocycles. The molecule has 0 radical (unpaired) electrons. The predicted molar refractivity (Wildman–Crippen MR) is 38.2 cm³/mol. The predicted octanol–water partition coefficient (Wildman–Crippen LogP) is 2.67. The highest BCUT2D eigenvalue weighted by molar-refractivity contribution is 9.10. The Labute approximate surface area is 74.1 Å². The molecule has 0 saturated heterocycles. The van der Waals surface area contributed by atoms with E-state index in [2.05, 4.69) is 15.9 Å². The molecule has 2 nitrogen and oxygen atoms in total. The van der Waals surface area contributed by atoms with Gasteiger partial charge in [-0.2, -0.15) is 18.4 Å². The first-order valence-corrected chi connectivity index (χ1v) is 3.60. The van der Waals surface area contributed by atoms with Crippen LogP contribution in [0.5, 0.6) is 0 Å². The molecule has 1 heterocycles. The van der Waals surface area contributed by atoms with Gasteiger partial charge in [-0.05, 0) is 15.9 Å². The number of nitrogens with zero attached hydrogens (tertiary/aromatic N) is 1. The summed E-state index contributed by atoms with van der Waals surface area (Å²) >= 11 is 2.82. The Kier molecular flexibility index (Phi) is 2.15. The molecule has 0 aliphatic carbocycles. The van der Waals surface area contributed by atoms with Gasteiger partial charge in [-0.1, -0.05) is 0 Å². The normalized spacial score (nSPS) is 11.2. The van der Waals surface area contributed by atoms with Gasteiger partial charge in [0.25, 0.3) is 0 Å². The van der Waals surface area contributed by atoms with Crippen molar-refractivity contribution in [3.8, 4) is 6.07 Å². The number of halogens is 4. The lowest BCUT2D eigenvalue weighted by Crippen LogP contribution is -2.07. The van der Waals surface area contributed by atoms with E-state index in [1.807, 2.05) is 4.98 Å². The second kappa shape index (κ2) is 2.83. The van der Waals surface area contributed by atoms with Crippen LogP contribution >= 0.6 is 15.9 Å². The Morgan fingerprint density at radius 3 is 2.42 bits per heavy atom. The molecule has 12 heavy (non-hydrogen) atoms. The molecular weight excluding hydrogens is 237 g/mol. The quantitative estimate of drug-likeness (QED) is 0.742. The highest BCUT2D eigenvalue weighted by atomic mass is 79.9. The lowest BCUT2D eigenvalue weighted by molar-refractivity contribution is -0.141. The summed E-state index contributed by atoms with van der Waals surface area (Å²) < 4.78 is 36.3. The summed E-state index contributed by atoms with van der Waals surface area (Å²) in [6, 6.07) is 1.45. The van der Waals surface area contributed by atoms with Gasteiger partial charge in [-0.25, -0.2) is 0 Å². The Hall–Kier alpha value is -0.960. The Morgan fingerprint density at radius 2 is 2.08 bits per heavy atom. The average Bonchev–Trinajstić information content (AvgIpc) is 2.29. The average molecular weight is 239 g/mol. The smallest absolute Gasteiger partial charge is 0.355 e. The van der Waals surface area contributed by atoms with Gasteiger partial charge in [-0.15, -0.1) is 0 Å². The molecule has 0 fully saturated rings. The first-order chi connectivity index (χ1) is 5.46. The van der Waals surface area contributed by atoms with Crippen molar-refractivity contribution in [3.63, 3.8) is 0 Å². The molecule has 64 valence electrons. The summed E-state index contributed by atoms with van der Waals surface area (Å²) in [5.41, 5.74) is -1.43. The second-order valence-corrected chi connectivity index (χ2v) is 2.85. The van der Waals surface area contributed by atoms with E-state index in [-0.39, 0.29) is 4.47 Å². The lowest BCUT2D eigenvalue weighted by Gasteiger charge is -2.02. The van der Waals surface area contributed by atoms with Crippen molar-refractivity contribution < 1.29 is 13.2 Å². The monoisotopic (exact) mass is 238 g/mol. The van der Waals surface area contributed by atoms with E-state index in [1.54, 1.807) is 0 Å². The third-order valence-corrected chi connectivity index (χ3v) is 1.85. The fourth-order valence-electron chi connectivity index (χ4n) is 0.732. The van der Waals surface area contributed by atoms with Crippen molar-refractivity contribution in [3.05, 3.63) is 21.9 Å². The fraction of sp³-hybridized carbons (Fsp3) is 0.167. The van der Waals surface area contributed by atoms with E-state index < -0.39 is 17.4 Å². The molecule has 0 aliphatic heterocycles. The molecule has 6 heteroatoms. The van der Waals surface area contributed by atoms with E-state index >= 15 is 0 Å². The fourth-order valence-corrected chi connectivity index (χ4v) is 1.13. The highest BCUT2D eigenvalue weighted by Crippen LogP contribution is 2.33. The van der Waals surface area contributed by atoms with Crippen molar-refractivity contribution in [2.24, 2.45) is 0 Å². The van der Waals surface area contributed by atoms with Gasteiger partial charge >= 0.3 is 6.18 Å². The number of nitrogens with one attached hydrogen (secondary N) is 1. The van der Waals surface area contributed by atoms with E-state index in [0.717, 1.165) is 6.20 Å². The topological polar surface area (TPSA) is 39.6 Å². The maximum absolute atomic E-state index is 12.0. The maximum atomic E-state index is 12.0. The molecule has 0 saturated carbocycles. The minimum Gasteiger partial charge on any atom is -0.355 e. The van der Waals surface area contributed by atoms with Crippen LogP contribution in [0.25, 0.3) is 0 Å². The van der Waals surface area contributed by atoms with E-state index in [9.17, 15) is 13.2 Å². The summed E-state index contributed by atoms with van der Waals surface area (Å²) in [5, 5.41) is 8.35. The molecule has 1 N–H and O–H groups in total. The Balaban J connectivity index is 3.28. The molecule has 0 aliphatic rings. The molecule has 0 amide bonds. The van der Waals surface area contributed by atoms with E-state index in [1.165, 1.54) is 6.07 Å². The molecule has 0 atom stereocenters. The van der Waals surface area contributed by atoms with Gasteiger partial charge in [-0.3, -0.25) is 0 Å². The van der Waals surface area contributed by atoms with Crippen LogP contribution in [-0.4, -0.2) is 4.98 Å². The van der Waals surface area contributed by atoms with Crippen molar-refractivity contribution in [2.75, 3.05) is 0 Å².